The molecule has 1 fully saturated rings. The number of benzene rings is 1. The first-order valence-electron chi connectivity index (χ1n) is 6.56. The Morgan fingerprint density at radius 1 is 1.55 bits per heavy atom. The van der Waals surface area contributed by atoms with E-state index in [1.807, 2.05) is 30.0 Å². The molecule has 0 saturated heterocycles. The molecule has 5 nitrogen and oxygen atoms in total. The maximum atomic E-state index is 12.7. The number of carbonyl (C=O) groups is 1. The van der Waals surface area contributed by atoms with Crippen LogP contribution in [0, 0.1) is 6.92 Å². The number of rotatable bonds is 5. The maximum absolute atomic E-state index is 12.7. The molecular weight excluding hydrogens is 322 g/mol. The predicted molar refractivity (Wildman–Crippen MR) is 81.0 cm³/mol. The van der Waals surface area contributed by atoms with Crippen LogP contribution in [0.5, 0.6) is 0 Å². The van der Waals surface area contributed by atoms with Gasteiger partial charge < -0.3 is 15.8 Å². The van der Waals surface area contributed by atoms with Crippen LogP contribution in [0.1, 0.15) is 35.2 Å². The first-order chi connectivity index (χ1) is 9.52. The van der Waals surface area contributed by atoms with Crippen molar-refractivity contribution in [2.24, 2.45) is 10.9 Å². The third-order valence-electron chi connectivity index (χ3n) is 3.42. The maximum Gasteiger partial charge on any atom is 0.254 e. The zero-order valence-corrected chi connectivity index (χ0v) is 12.9. The molecule has 0 spiro atoms. The van der Waals surface area contributed by atoms with Crippen LogP contribution >= 0.6 is 15.9 Å². The monoisotopic (exact) mass is 339 g/mol. The van der Waals surface area contributed by atoms with Crippen LogP contribution in [0.15, 0.2) is 27.8 Å². The standard InChI is InChI=1S/C14H18BrN3O2/c1-9-2-3-10(15)8-12(9)14(19)18(11-4-5-11)7-6-13(16)17-20/h2-3,8,11,20H,4-7H2,1H3,(H2,16,17). The fourth-order valence-corrected chi connectivity index (χ4v) is 2.46. The van der Waals surface area contributed by atoms with Crippen molar-refractivity contribution in [3.05, 3.63) is 33.8 Å². The number of hydrogen-bond donors (Lipinski definition) is 2. The van der Waals surface area contributed by atoms with E-state index in [4.69, 9.17) is 10.9 Å². The lowest BCUT2D eigenvalue weighted by molar-refractivity contribution is 0.0746. The summed E-state index contributed by atoms with van der Waals surface area (Å²) >= 11 is 3.40. The van der Waals surface area contributed by atoms with Crippen molar-refractivity contribution in [2.75, 3.05) is 6.54 Å². The van der Waals surface area contributed by atoms with Gasteiger partial charge in [0.2, 0.25) is 0 Å². The summed E-state index contributed by atoms with van der Waals surface area (Å²) in [6.45, 7) is 2.40. The molecule has 0 radical (unpaired) electrons. The molecule has 1 aromatic rings. The molecule has 0 unspecified atom stereocenters. The summed E-state index contributed by atoms with van der Waals surface area (Å²) in [6, 6.07) is 5.97. The Labute approximate surface area is 126 Å². The molecule has 0 aromatic heterocycles. The molecule has 20 heavy (non-hydrogen) atoms. The van der Waals surface area contributed by atoms with Crippen LogP contribution in [0.2, 0.25) is 0 Å². The lowest BCUT2D eigenvalue weighted by atomic mass is 10.1. The number of amidine groups is 1. The number of nitrogens with zero attached hydrogens (tertiary/aromatic N) is 2. The molecule has 3 N–H and O–H groups in total. The van der Waals surface area contributed by atoms with Gasteiger partial charge in [-0.15, -0.1) is 0 Å². The smallest absolute Gasteiger partial charge is 0.254 e. The van der Waals surface area contributed by atoms with Gasteiger partial charge in [-0.2, -0.15) is 0 Å². The average molecular weight is 340 g/mol. The van der Waals surface area contributed by atoms with E-state index in [0.717, 1.165) is 22.9 Å². The molecule has 1 aliphatic rings. The molecule has 1 aliphatic carbocycles. The van der Waals surface area contributed by atoms with Crippen LogP contribution in [0.3, 0.4) is 0 Å². The Morgan fingerprint density at radius 3 is 2.85 bits per heavy atom. The number of halogens is 1. The van der Waals surface area contributed by atoms with Gasteiger partial charge >= 0.3 is 0 Å². The van der Waals surface area contributed by atoms with E-state index in [0.29, 0.717) is 18.5 Å². The van der Waals surface area contributed by atoms with Crippen molar-refractivity contribution < 1.29 is 10.0 Å². The Hall–Kier alpha value is -1.56. The van der Waals surface area contributed by atoms with Gasteiger partial charge in [-0.25, -0.2) is 0 Å². The Bertz CT molecular complexity index is 541. The summed E-state index contributed by atoms with van der Waals surface area (Å²) < 4.78 is 0.888. The van der Waals surface area contributed by atoms with Crippen molar-refractivity contribution in [3.63, 3.8) is 0 Å². The number of amides is 1. The van der Waals surface area contributed by atoms with Gasteiger partial charge in [0.25, 0.3) is 5.91 Å². The largest absolute Gasteiger partial charge is 0.409 e. The molecular formula is C14H18BrN3O2. The third-order valence-corrected chi connectivity index (χ3v) is 3.91. The van der Waals surface area contributed by atoms with Gasteiger partial charge in [-0.05, 0) is 37.5 Å². The summed E-state index contributed by atoms with van der Waals surface area (Å²) in [5.74, 6) is 0.159. The van der Waals surface area contributed by atoms with Crippen LogP contribution in [0.25, 0.3) is 0 Å². The topological polar surface area (TPSA) is 78.9 Å². The molecule has 108 valence electrons. The SMILES string of the molecule is Cc1ccc(Br)cc1C(=O)N(CCC(N)=NO)C1CC1. The van der Waals surface area contributed by atoms with Gasteiger partial charge in [-0.1, -0.05) is 27.2 Å². The average Bonchev–Trinajstić information content (AvgIpc) is 3.25. The van der Waals surface area contributed by atoms with Gasteiger partial charge in [0.1, 0.15) is 5.84 Å². The van der Waals surface area contributed by atoms with E-state index in [1.54, 1.807) is 0 Å². The Kier molecular flexibility index (Phi) is 4.65. The molecule has 1 aromatic carbocycles. The Balaban J connectivity index is 2.16. The number of hydrogen-bond acceptors (Lipinski definition) is 3. The van der Waals surface area contributed by atoms with Gasteiger partial charge in [0.15, 0.2) is 0 Å². The van der Waals surface area contributed by atoms with E-state index >= 15 is 0 Å². The highest BCUT2D eigenvalue weighted by Gasteiger charge is 2.33. The van der Waals surface area contributed by atoms with E-state index in [-0.39, 0.29) is 17.8 Å². The first-order valence-corrected chi connectivity index (χ1v) is 7.35. The molecule has 1 amide bonds. The van der Waals surface area contributed by atoms with Crippen molar-refractivity contribution in [2.45, 2.75) is 32.2 Å². The van der Waals surface area contributed by atoms with Gasteiger partial charge in [0, 0.05) is 29.0 Å². The normalized spacial score (nSPS) is 15.2. The lowest BCUT2D eigenvalue weighted by Gasteiger charge is -2.23. The molecule has 0 aliphatic heterocycles. The van der Waals surface area contributed by atoms with Crippen molar-refractivity contribution >= 4 is 27.7 Å². The predicted octanol–water partition coefficient (Wildman–Crippen LogP) is 2.50. The fourth-order valence-electron chi connectivity index (χ4n) is 2.10. The van der Waals surface area contributed by atoms with Gasteiger partial charge in [-0.3, -0.25) is 4.79 Å². The minimum Gasteiger partial charge on any atom is -0.409 e. The van der Waals surface area contributed by atoms with E-state index in [1.165, 1.54) is 0 Å². The lowest BCUT2D eigenvalue weighted by Crippen LogP contribution is -2.36. The quantitative estimate of drug-likeness (QED) is 0.374. The fraction of sp³-hybridized carbons (Fsp3) is 0.429. The highest BCUT2D eigenvalue weighted by Crippen LogP contribution is 2.29. The van der Waals surface area contributed by atoms with Crippen molar-refractivity contribution in [1.29, 1.82) is 0 Å². The summed E-state index contributed by atoms with van der Waals surface area (Å²) in [5, 5.41) is 11.5. The summed E-state index contributed by atoms with van der Waals surface area (Å²) in [6.07, 6.45) is 2.43. The molecule has 0 atom stereocenters. The minimum absolute atomic E-state index is 0.0111. The van der Waals surface area contributed by atoms with E-state index in [9.17, 15) is 4.79 Å². The van der Waals surface area contributed by atoms with E-state index in [2.05, 4.69) is 21.1 Å². The second-order valence-electron chi connectivity index (χ2n) is 5.03. The second-order valence-corrected chi connectivity index (χ2v) is 5.95. The molecule has 6 heteroatoms. The molecule has 0 bridgehead atoms. The van der Waals surface area contributed by atoms with E-state index < -0.39 is 0 Å². The molecule has 2 rings (SSSR count). The summed E-state index contributed by atoms with van der Waals surface area (Å²) in [7, 11) is 0. The summed E-state index contributed by atoms with van der Waals surface area (Å²) in [5.41, 5.74) is 7.14. The number of oxime groups is 1. The Morgan fingerprint density at radius 2 is 2.25 bits per heavy atom. The third kappa shape index (κ3) is 3.50. The minimum atomic E-state index is 0.0111. The number of nitrogens with two attached hydrogens (primary N) is 1. The first kappa shape index (κ1) is 14.8. The zero-order chi connectivity index (χ0) is 14.7. The van der Waals surface area contributed by atoms with Crippen LogP contribution in [0.4, 0.5) is 0 Å². The zero-order valence-electron chi connectivity index (χ0n) is 11.3. The van der Waals surface area contributed by atoms with Gasteiger partial charge in [0.05, 0.1) is 0 Å². The molecule has 0 heterocycles. The number of aryl methyl sites for hydroxylation is 1. The van der Waals surface area contributed by atoms with Crippen LogP contribution < -0.4 is 5.73 Å². The van der Waals surface area contributed by atoms with Crippen LogP contribution in [-0.4, -0.2) is 34.4 Å². The highest BCUT2D eigenvalue weighted by molar-refractivity contribution is 9.10. The summed E-state index contributed by atoms with van der Waals surface area (Å²) in [4.78, 5) is 14.5. The second kappa shape index (κ2) is 6.26. The highest BCUT2D eigenvalue weighted by atomic mass is 79.9. The van der Waals surface area contributed by atoms with Crippen molar-refractivity contribution in [3.8, 4) is 0 Å². The van der Waals surface area contributed by atoms with Crippen molar-refractivity contribution in [1.82, 2.24) is 4.90 Å². The van der Waals surface area contributed by atoms with Crippen LogP contribution in [-0.2, 0) is 0 Å². The molecule has 1 saturated carbocycles. The number of carbonyl (C=O) groups excluding carboxylic acids is 1.